The Labute approximate surface area is 157 Å². The Hall–Kier alpha value is -2.18. The van der Waals surface area contributed by atoms with Gasteiger partial charge in [0.05, 0.1) is 18.7 Å². The van der Waals surface area contributed by atoms with Gasteiger partial charge in [-0.1, -0.05) is 84.6 Å². The highest BCUT2D eigenvalue weighted by atomic mass is 32.2. The lowest BCUT2D eigenvalue weighted by atomic mass is 10.1. The molecular formula is C19H20N2O2S2. The van der Waals surface area contributed by atoms with Crippen molar-refractivity contribution in [3.63, 3.8) is 0 Å². The van der Waals surface area contributed by atoms with Gasteiger partial charge in [0, 0.05) is 5.75 Å². The second kappa shape index (κ2) is 10.6. The molecule has 130 valence electrons. The van der Waals surface area contributed by atoms with Crippen LogP contribution in [0, 0.1) is 0 Å². The number of hydrogen-bond acceptors (Lipinski definition) is 5. The lowest BCUT2D eigenvalue weighted by Crippen LogP contribution is -2.19. The van der Waals surface area contributed by atoms with E-state index in [9.17, 15) is 4.79 Å². The summed E-state index contributed by atoms with van der Waals surface area (Å²) in [6, 6.07) is 19.6. The molecule has 0 saturated heterocycles. The van der Waals surface area contributed by atoms with Crippen LogP contribution < -0.4 is 5.43 Å². The molecule has 0 aromatic heterocycles. The smallest absolute Gasteiger partial charge is 0.311 e. The van der Waals surface area contributed by atoms with Crippen molar-refractivity contribution >= 4 is 40.0 Å². The summed E-state index contributed by atoms with van der Waals surface area (Å²) in [5.74, 6) is 0.454. The van der Waals surface area contributed by atoms with Crippen LogP contribution in [-0.2, 0) is 15.3 Å². The summed E-state index contributed by atoms with van der Waals surface area (Å²) in [5.41, 5.74) is 5.52. The van der Waals surface area contributed by atoms with Crippen LogP contribution in [0.3, 0.4) is 0 Å². The number of nitrogens with one attached hydrogen (secondary N) is 1. The summed E-state index contributed by atoms with van der Waals surface area (Å²) in [6.45, 7) is 2.13. The quantitative estimate of drug-likeness (QED) is 0.342. The van der Waals surface area contributed by atoms with Crippen LogP contribution in [-0.4, -0.2) is 22.6 Å². The molecular weight excluding hydrogens is 352 g/mol. The number of benzene rings is 2. The Morgan fingerprint density at radius 2 is 1.76 bits per heavy atom. The van der Waals surface area contributed by atoms with Gasteiger partial charge in [-0.2, -0.15) is 5.10 Å². The van der Waals surface area contributed by atoms with E-state index in [2.05, 4.69) is 22.7 Å². The maximum absolute atomic E-state index is 11.8. The topological polar surface area (TPSA) is 50.7 Å². The summed E-state index contributed by atoms with van der Waals surface area (Å²) in [4.78, 5) is 11.8. The Morgan fingerprint density at radius 1 is 1.12 bits per heavy atom. The van der Waals surface area contributed by atoms with Crippen molar-refractivity contribution in [1.29, 1.82) is 0 Å². The molecule has 0 bridgehead atoms. The Bertz CT molecular complexity index is 719. The molecule has 0 fully saturated rings. The highest BCUT2D eigenvalue weighted by molar-refractivity contribution is 8.22. The average Bonchev–Trinajstić information content (AvgIpc) is 2.65. The largest absolute Gasteiger partial charge is 0.466 e. The van der Waals surface area contributed by atoms with Crippen molar-refractivity contribution in [2.75, 3.05) is 6.61 Å². The molecule has 0 aliphatic carbocycles. The molecule has 6 heteroatoms. The number of hydrazone groups is 1. The molecule has 2 aromatic carbocycles. The third kappa shape index (κ3) is 7.07. The fourth-order valence-electron chi connectivity index (χ4n) is 2.05. The molecule has 2 aromatic rings. The van der Waals surface area contributed by atoms with E-state index in [1.54, 1.807) is 6.92 Å². The number of rotatable bonds is 7. The van der Waals surface area contributed by atoms with Crippen LogP contribution in [0.15, 0.2) is 65.8 Å². The van der Waals surface area contributed by atoms with E-state index in [0.29, 0.717) is 16.6 Å². The number of thioether (sulfide) groups is 1. The predicted molar refractivity (Wildman–Crippen MR) is 108 cm³/mol. The minimum atomic E-state index is -0.310. The van der Waals surface area contributed by atoms with E-state index < -0.39 is 0 Å². The fourth-order valence-corrected chi connectivity index (χ4v) is 2.88. The maximum Gasteiger partial charge on any atom is 0.311 e. The molecule has 0 radical (unpaired) electrons. The number of carbonyl (C=O) groups excluding carboxylic acids is 1. The molecule has 0 unspecified atom stereocenters. The van der Waals surface area contributed by atoms with E-state index in [1.807, 2.05) is 48.5 Å². The Kier molecular flexibility index (Phi) is 8.15. The van der Waals surface area contributed by atoms with Gasteiger partial charge in [0.25, 0.3) is 0 Å². The number of nitrogens with zero attached hydrogens (tertiary/aromatic N) is 1. The van der Waals surface area contributed by atoms with Crippen LogP contribution in [0.25, 0.3) is 0 Å². The minimum Gasteiger partial charge on any atom is -0.466 e. The third-order valence-corrected chi connectivity index (χ3v) is 4.50. The van der Waals surface area contributed by atoms with Gasteiger partial charge in [0.1, 0.15) is 0 Å². The molecule has 0 aliphatic rings. The summed E-state index contributed by atoms with van der Waals surface area (Å²) >= 11 is 6.81. The Balaban J connectivity index is 1.98. The minimum absolute atomic E-state index is 0.0941. The normalized spacial score (nSPS) is 11.0. The number of ether oxygens (including phenoxy) is 1. The second-order valence-electron chi connectivity index (χ2n) is 5.08. The summed E-state index contributed by atoms with van der Waals surface area (Å²) in [5, 5.41) is 4.33. The molecule has 0 amide bonds. The van der Waals surface area contributed by atoms with Crippen LogP contribution in [0.2, 0.25) is 0 Å². The third-order valence-electron chi connectivity index (χ3n) is 3.22. The van der Waals surface area contributed by atoms with Crippen LogP contribution >= 0.6 is 24.0 Å². The molecule has 4 nitrogen and oxygen atoms in total. The van der Waals surface area contributed by atoms with E-state index in [1.165, 1.54) is 17.3 Å². The van der Waals surface area contributed by atoms with Gasteiger partial charge in [-0.3, -0.25) is 10.2 Å². The summed E-state index contributed by atoms with van der Waals surface area (Å²) in [7, 11) is 0. The van der Waals surface area contributed by atoms with E-state index in [0.717, 1.165) is 11.3 Å². The summed E-state index contributed by atoms with van der Waals surface area (Å²) in [6.07, 6.45) is 0.0941. The second-order valence-corrected chi connectivity index (χ2v) is 6.73. The standard InChI is InChI=1S/C19H20N2O2S2/c1-2-23-18(22)13-17(16-11-7-4-8-12-16)20-21-19(24)25-14-15-9-5-3-6-10-15/h3-12H,2,13-14H2,1H3,(H,21,24)/b20-17-. The van der Waals surface area contributed by atoms with Crippen molar-refractivity contribution < 1.29 is 9.53 Å². The first-order valence-corrected chi connectivity index (χ1v) is 9.32. The first-order chi connectivity index (χ1) is 12.2. The first kappa shape index (κ1) is 19.1. The van der Waals surface area contributed by atoms with Crippen molar-refractivity contribution in [3.8, 4) is 0 Å². The number of thiocarbonyl (C=S) groups is 1. The maximum atomic E-state index is 11.8. The lowest BCUT2D eigenvalue weighted by Gasteiger charge is -2.08. The monoisotopic (exact) mass is 372 g/mol. The molecule has 1 N–H and O–H groups in total. The van der Waals surface area contributed by atoms with Crippen LogP contribution in [0.1, 0.15) is 24.5 Å². The SMILES string of the molecule is CCOC(=O)C/C(=N/NC(=S)SCc1ccccc1)c1ccccc1. The average molecular weight is 373 g/mol. The van der Waals surface area contributed by atoms with Gasteiger partial charge in [-0.15, -0.1) is 0 Å². The lowest BCUT2D eigenvalue weighted by molar-refractivity contribution is -0.141. The van der Waals surface area contributed by atoms with Gasteiger partial charge in [0.15, 0.2) is 4.32 Å². The van der Waals surface area contributed by atoms with Crippen molar-refractivity contribution in [3.05, 3.63) is 71.8 Å². The molecule has 0 saturated carbocycles. The van der Waals surface area contributed by atoms with Gasteiger partial charge in [-0.05, 0) is 18.1 Å². The molecule has 25 heavy (non-hydrogen) atoms. The highest BCUT2D eigenvalue weighted by Crippen LogP contribution is 2.13. The number of hydrogen-bond donors (Lipinski definition) is 1. The fraction of sp³-hybridized carbons (Fsp3) is 0.211. The van der Waals surface area contributed by atoms with Gasteiger partial charge >= 0.3 is 5.97 Å². The molecule has 0 atom stereocenters. The zero-order chi connectivity index (χ0) is 17.9. The molecule has 2 rings (SSSR count). The molecule has 0 spiro atoms. The number of carbonyl (C=O) groups is 1. The zero-order valence-electron chi connectivity index (χ0n) is 14.0. The summed E-state index contributed by atoms with van der Waals surface area (Å²) < 4.78 is 5.58. The Morgan fingerprint density at radius 3 is 2.40 bits per heavy atom. The number of esters is 1. The molecule has 0 aliphatic heterocycles. The van der Waals surface area contributed by atoms with Gasteiger partial charge < -0.3 is 4.74 Å². The first-order valence-electron chi connectivity index (χ1n) is 7.93. The van der Waals surface area contributed by atoms with Crippen molar-refractivity contribution in [2.45, 2.75) is 19.1 Å². The van der Waals surface area contributed by atoms with Gasteiger partial charge in [-0.25, -0.2) is 0 Å². The molecule has 0 heterocycles. The van der Waals surface area contributed by atoms with Crippen molar-refractivity contribution in [2.24, 2.45) is 5.10 Å². The van der Waals surface area contributed by atoms with Crippen molar-refractivity contribution in [1.82, 2.24) is 5.43 Å². The van der Waals surface area contributed by atoms with Crippen LogP contribution in [0.5, 0.6) is 0 Å². The zero-order valence-corrected chi connectivity index (χ0v) is 15.6. The van der Waals surface area contributed by atoms with Gasteiger partial charge in [0.2, 0.25) is 0 Å². The van der Waals surface area contributed by atoms with E-state index in [-0.39, 0.29) is 12.4 Å². The van der Waals surface area contributed by atoms with Crippen LogP contribution in [0.4, 0.5) is 0 Å². The van der Waals surface area contributed by atoms with E-state index >= 15 is 0 Å². The highest BCUT2D eigenvalue weighted by Gasteiger charge is 2.11. The van der Waals surface area contributed by atoms with E-state index in [4.69, 9.17) is 17.0 Å². The predicted octanol–water partition coefficient (Wildman–Crippen LogP) is 4.15.